The Morgan fingerprint density at radius 2 is 1.53 bits per heavy atom. The second-order valence-corrected chi connectivity index (χ2v) is 11.9. The van der Waals surface area contributed by atoms with Crippen LogP contribution in [0.3, 0.4) is 0 Å². The molecule has 3 nitrogen and oxygen atoms in total. The minimum atomic E-state index is -0.420. The molecule has 0 aliphatic carbocycles. The normalized spacial score (nSPS) is 17.6. The third-order valence-electron chi connectivity index (χ3n) is 6.89. The fraction of sp³-hybridized carbons (Fsp3) is 0.714. The Bertz CT molecular complexity index is 750. The zero-order valence-electron chi connectivity index (χ0n) is 22.7. The van der Waals surface area contributed by atoms with Gasteiger partial charge in [0.05, 0.1) is 25.1 Å². The van der Waals surface area contributed by atoms with Gasteiger partial charge in [-0.2, -0.15) is 0 Å². The van der Waals surface area contributed by atoms with Crippen LogP contribution in [0.1, 0.15) is 67.7 Å². The van der Waals surface area contributed by atoms with Crippen molar-refractivity contribution in [2.75, 3.05) is 34.2 Å². The van der Waals surface area contributed by atoms with Crippen molar-refractivity contribution in [3.8, 4) is 11.8 Å². The Hall–Kier alpha value is -1.60. The molecule has 0 aromatic rings. The van der Waals surface area contributed by atoms with E-state index in [2.05, 4.69) is 102 Å². The van der Waals surface area contributed by atoms with Crippen LogP contribution in [0.5, 0.6) is 0 Å². The molecule has 0 saturated carbocycles. The minimum Gasteiger partial charge on any atom is -0.372 e. The first kappa shape index (κ1) is 28.4. The van der Waals surface area contributed by atoms with Crippen LogP contribution < -0.4 is 0 Å². The van der Waals surface area contributed by atoms with Gasteiger partial charge in [0.1, 0.15) is 0 Å². The number of piperidine rings is 1. The van der Waals surface area contributed by atoms with Crippen molar-refractivity contribution in [1.29, 1.82) is 0 Å². The van der Waals surface area contributed by atoms with Gasteiger partial charge in [-0.25, -0.2) is 0 Å². The fourth-order valence-corrected chi connectivity index (χ4v) is 4.38. The van der Waals surface area contributed by atoms with Gasteiger partial charge in [0, 0.05) is 25.8 Å². The molecule has 32 heavy (non-hydrogen) atoms. The number of nitrogens with zero attached hydrogens (tertiary/aromatic N) is 3. The predicted octanol–water partition coefficient (Wildman–Crippen LogP) is 5.73. The van der Waals surface area contributed by atoms with E-state index < -0.39 is 5.31 Å². The van der Waals surface area contributed by atoms with E-state index in [1.165, 1.54) is 5.57 Å². The van der Waals surface area contributed by atoms with Gasteiger partial charge in [0.2, 0.25) is 0 Å². The predicted molar refractivity (Wildman–Crippen MR) is 143 cm³/mol. The highest BCUT2D eigenvalue weighted by Crippen LogP contribution is 2.45. The molecule has 1 unspecified atom stereocenters. The van der Waals surface area contributed by atoms with E-state index in [1.807, 2.05) is 14.1 Å². The molecule has 0 amide bonds. The molecular weight excluding hydrogens is 389 g/mol. The highest BCUT2D eigenvalue weighted by Gasteiger charge is 2.37. The smallest absolute Gasteiger partial charge is 0.0832 e. The topological polar surface area (TPSA) is 9.72 Å². The molecule has 1 saturated heterocycles. The number of rotatable bonds is 8. The summed E-state index contributed by atoms with van der Waals surface area (Å²) in [6.07, 6.45) is 2.66. The van der Waals surface area contributed by atoms with Crippen molar-refractivity contribution in [2.24, 2.45) is 11.3 Å². The summed E-state index contributed by atoms with van der Waals surface area (Å²) in [7, 11) is 13.2. The van der Waals surface area contributed by atoms with Crippen LogP contribution in [0.25, 0.3) is 0 Å². The summed E-state index contributed by atoms with van der Waals surface area (Å²) in [6, 6.07) is 0.231. The number of allylic oxidation sites excluding steroid dienone is 2. The minimum absolute atomic E-state index is 0.186. The molecule has 1 heterocycles. The molecule has 0 spiro atoms. The number of likely N-dealkylation sites (tertiary alicyclic amines) is 1. The molecule has 4 heteroatoms. The molecule has 1 atom stereocenters. The van der Waals surface area contributed by atoms with Gasteiger partial charge in [-0.15, -0.1) is 0 Å². The molecule has 1 aliphatic heterocycles. The zero-order chi connectivity index (χ0) is 25.1. The van der Waals surface area contributed by atoms with Crippen LogP contribution in [0.4, 0.5) is 0 Å². The lowest BCUT2D eigenvalue weighted by Gasteiger charge is -2.48. The summed E-state index contributed by atoms with van der Waals surface area (Å²) in [5.41, 5.74) is 3.16. The van der Waals surface area contributed by atoms with Crippen LogP contribution >= 0.6 is 0 Å². The number of likely N-dealkylation sites (N-methyl/N-ethyl adjacent to an activating group) is 1. The average Bonchev–Trinajstić information content (AvgIpc) is 2.64. The Balaban J connectivity index is 2.89. The van der Waals surface area contributed by atoms with E-state index in [9.17, 15) is 0 Å². The van der Waals surface area contributed by atoms with Crippen LogP contribution in [0.15, 0.2) is 36.7 Å². The van der Waals surface area contributed by atoms with Gasteiger partial charge >= 0.3 is 0 Å². The first-order valence-electron chi connectivity index (χ1n) is 11.9. The average molecular weight is 438 g/mol. The highest BCUT2D eigenvalue weighted by molar-refractivity contribution is 6.17. The third-order valence-corrected chi connectivity index (χ3v) is 6.89. The van der Waals surface area contributed by atoms with Crippen molar-refractivity contribution in [3.05, 3.63) is 36.7 Å². The van der Waals surface area contributed by atoms with Gasteiger partial charge in [-0.05, 0) is 69.8 Å². The standard InChI is InChI=1S/C28H48BN3/c1-21(2)25(22(3)20-26(6,7)8)31(13)24(5)28(29)16-18-32(19-17-28)23(4)14-15-27(9,10)30(11)12/h21,25H,3-5,16-20H2,1-2,6-13H3. The maximum absolute atomic E-state index is 6.94. The summed E-state index contributed by atoms with van der Waals surface area (Å²) in [6.45, 7) is 30.4. The van der Waals surface area contributed by atoms with Crippen LogP contribution in [0.2, 0.25) is 5.31 Å². The summed E-state index contributed by atoms with van der Waals surface area (Å²) in [5.74, 6) is 7.06. The maximum atomic E-state index is 6.94. The van der Waals surface area contributed by atoms with Crippen molar-refractivity contribution < 1.29 is 0 Å². The van der Waals surface area contributed by atoms with Crippen molar-refractivity contribution in [2.45, 2.75) is 84.6 Å². The second-order valence-electron chi connectivity index (χ2n) is 11.9. The second kappa shape index (κ2) is 10.6. The van der Waals surface area contributed by atoms with Gasteiger partial charge in [-0.1, -0.05) is 65.8 Å². The van der Waals surface area contributed by atoms with Gasteiger partial charge in [-0.3, -0.25) is 4.90 Å². The highest BCUT2D eigenvalue weighted by atomic mass is 15.2. The first-order chi connectivity index (χ1) is 14.4. The van der Waals surface area contributed by atoms with Crippen molar-refractivity contribution >= 4 is 7.85 Å². The summed E-state index contributed by atoms with van der Waals surface area (Å²) < 4.78 is 0. The molecule has 178 valence electrons. The molecule has 0 N–H and O–H groups in total. The Morgan fingerprint density at radius 3 is 1.94 bits per heavy atom. The Labute approximate surface area is 201 Å². The summed E-state index contributed by atoms with van der Waals surface area (Å²) in [5, 5.41) is -0.420. The van der Waals surface area contributed by atoms with Crippen LogP contribution in [-0.4, -0.2) is 68.4 Å². The van der Waals surface area contributed by atoms with E-state index >= 15 is 0 Å². The van der Waals surface area contributed by atoms with Crippen molar-refractivity contribution in [3.63, 3.8) is 0 Å². The number of hydrogen-bond donors (Lipinski definition) is 0. The summed E-state index contributed by atoms with van der Waals surface area (Å²) >= 11 is 0. The first-order valence-corrected chi connectivity index (χ1v) is 11.9. The molecule has 2 radical (unpaired) electrons. The summed E-state index contributed by atoms with van der Waals surface area (Å²) in [4.78, 5) is 6.67. The maximum Gasteiger partial charge on any atom is 0.0832 e. The Kier molecular flexibility index (Phi) is 9.38. The van der Waals surface area contributed by atoms with Crippen LogP contribution in [-0.2, 0) is 0 Å². The van der Waals surface area contributed by atoms with E-state index in [0.29, 0.717) is 5.92 Å². The van der Waals surface area contributed by atoms with Gasteiger partial charge in [0.15, 0.2) is 0 Å². The van der Waals surface area contributed by atoms with Gasteiger partial charge in [0.25, 0.3) is 0 Å². The molecular formula is C28H48BN3. The van der Waals surface area contributed by atoms with E-state index in [4.69, 9.17) is 7.85 Å². The number of hydrogen-bond acceptors (Lipinski definition) is 3. The zero-order valence-corrected chi connectivity index (χ0v) is 22.7. The third kappa shape index (κ3) is 7.48. The SMILES string of the molecule is [B]C1(C(=C)N(C)C(C(=C)CC(C)(C)C)C(C)C)CCN(C(=C)C#CC(C)(C)N(C)C)CC1. The Morgan fingerprint density at radius 1 is 1.03 bits per heavy atom. The lowest BCUT2D eigenvalue weighted by molar-refractivity contribution is 0.199. The monoisotopic (exact) mass is 437 g/mol. The molecule has 1 aliphatic rings. The lowest BCUT2D eigenvalue weighted by Crippen LogP contribution is -2.44. The fourth-order valence-electron chi connectivity index (χ4n) is 4.38. The molecule has 1 rings (SSSR count). The molecule has 0 aromatic carbocycles. The largest absolute Gasteiger partial charge is 0.372 e. The van der Waals surface area contributed by atoms with Crippen LogP contribution in [0, 0.1) is 23.2 Å². The molecule has 0 bridgehead atoms. The lowest BCUT2D eigenvalue weighted by atomic mass is 9.60. The van der Waals surface area contributed by atoms with E-state index in [0.717, 1.165) is 43.7 Å². The van der Waals surface area contributed by atoms with E-state index in [-0.39, 0.29) is 17.0 Å². The molecule has 0 aromatic heterocycles. The van der Waals surface area contributed by atoms with E-state index in [1.54, 1.807) is 0 Å². The quantitative estimate of drug-likeness (QED) is 0.273. The van der Waals surface area contributed by atoms with Crippen molar-refractivity contribution in [1.82, 2.24) is 14.7 Å². The van der Waals surface area contributed by atoms with Gasteiger partial charge < -0.3 is 9.80 Å². The molecule has 1 fully saturated rings.